The summed E-state index contributed by atoms with van der Waals surface area (Å²) in [5, 5.41) is 3.25. The van der Waals surface area contributed by atoms with Crippen molar-refractivity contribution in [2.45, 2.75) is 33.2 Å². The number of aromatic nitrogens is 2. The van der Waals surface area contributed by atoms with Crippen LogP contribution in [0.25, 0.3) is 11.7 Å². The van der Waals surface area contributed by atoms with Crippen LogP contribution in [0.2, 0.25) is 0 Å². The predicted octanol–water partition coefficient (Wildman–Crippen LogP) is 4.79. The van der Waals surface area contributed by atoms with Crippen LogP contribution in [0.5, 0.6) is 0 Å². The van der Waals surface area contributed by atoms with E-state index in [9.17, 15) is 9.59 Å². The molecule has 1 aliphatic heterocycles. The molecule has 1 aliphatic rings. The second-order valence-corrected chi connectivity index (χ2v) is 9.30. The van der Waals surface area contributed by atoms with Crippen LogP contribution in [0.1, 0.15) is 43.0 Å². The van der Waals surface area contributed by atoms with Gasteiger partial charge in [-0.2, -0.15) is 0 Å². The van der Waals surface area contributed by atoms with Crippen molar-refractivity contribution >= 4 is 51.7 Å². The summed E-state index contributed by atoms with van der Waals surface area (Å²) < 4.78 is 2.00. The molecule has 2 aromatic heterocycles. The molecule has 1 atom stereocenters. The molecular weight excluding hydrogens is 440 g/mol. The van der Waals surface area contributed by atoms with Gasteiger partial charge in [0.1, 0.15) is 15.8 Å². The van der Waals surface area contributed by atoms with Crippen LogP contribution in [0.4, 0.5) is 5.82 Å². The number of thiocarbonyl (C=S) groups is 1. The predicted molar refractivity (Wildman–Crippen MR) is 135 cm³/mol. The number of hydrogen-bond donors (Lipinski definition) is 1. The van der Waals surface area contributed by atoms with Crippen molar-refractivity contribution < 1.29 is 4.79 Å². The first kappa shape index (κ1) is 22.2. The molecule has 0 bridgehead atoms. The molecule has 6 nitrogen and oxygen atoms in total. The summed E-state index contributed by atoms with van der Waals surface area (Å²) in [6.07, 6.45) is 4.20. The molecule has 3 heterocycles. The Morgan fingerprint density at radius 2 is 1.94 bits per heavy atom. The number of benzene rings is 1. The fourth-order valence-corrected chi connectivity index (χ4v) is 5.05. The van der Waals surface area contributed by atoms with Crippen molar-refractivity contribution in [3.8, 4) is 0 Å². The number of thioether (sulfide) groups is 1. The molecule has 0 spiro atoms. The number of carbonyl (C=O) groups is 1. The Balaban J connectivity index is 1.78. The third-order valence-electron chi connectivity index (χ3n) is 5.39. The van der Waals surface area contributed by atoms with Gasteiger partial charge in [-0.25, -0.2) is 4.98 Å². The number of amides is 1. The summed E-state index contributed by atoms with van der Waals surface area (Å²) in [5.41, 5.74) is 2.63. The average Bonchev–Trinajstić information content (AvgIpc) is 3.08. The van der Waals surface area contributed by atoms with Gasteiger partial charge in [0.15, 0.2) is 0 Å². The van der Waals surface area contributed by atoms with E-state index in [0.717, 1.165) is 17.5 Å². The van der Waals surface area contributed by atoms with Crippen LogP contribution < -0.4 is 10.9 Å². The zero-order chi connectivity index (χ0) is 22.8. The summed E-state index contributed by atoms with van der Waals surface area (Å²) in [5.74, 6) is 0.277. The van der Waals surface area contributed by atoms with Gasteiger partial charge < -0.3 is 5.32 Å². The maximum Gasteiger partial charge on any atom is 0.267 e. The molecule has 4 rings (SSSR count). The summed E-state index contributed by atoms with van der Waals surface area (Å²) >= 11 is 6.74. The van der Waals surface area contributed by atoms with Crippen LogP contribution in [0, 0.1) is 6.92 Å². The monoisotopic (exact) mass is 464 g/mol. The van der Waals surface area contributed by atoms with E-state index in [0.29, 0.717) is 32.8 Å². The first-order valence-corrected chi connectivity index (χ1v) is 11.7. The van der Waals surface area contributed by atoms with Gasteiger partial charge in [0.2, 0.25) is 0 Å². The van der Waals surface area contributed by atoms with Crippen molar-refractivity contribution in [3.63, 3.8) is 0 Å². The minimum Gasteiger partial charge on any atom is -0.369 e. The van der Waals surface area contributed by atoms with Crippen LogP contribution in [-0.2, 0) is 4.79 Å². The number of aryl methyl sites for hydroxylation is 1. The Labute approximate surface area is 196 Å². The molecular formula is C24H24N4O2S2. The molecule has 164 valence electrons. The van der Waals surface area contributed by atoms with E-state index in [1.54, 1.807) is 17.2 Å². The molecule has 1 saturated heterocycles. The number of hydrogen-bond acceptors (Lipinski definition) is 6. The number of nitrogens with one attached hydrogen (secondary N) is 1. The smallest absolute Gasteiger partial charge is 0.267 e. The molecule has 1 amide bonds. The Bertz CT molecular complexity index is 1280. The van der Waals surface area contributed by atoms with Gasteiger partial charge in [0.05, 0.1) is 16.5 Å². The maximum absolute atomic E-state index is 13.3. The first-order valence-electron chi connectivity index (χ1n) is 10.5. The quantitative estimate of drug-likeness (QED) is 0.418. The zero-order valence-electron chi connectivity index (χ0n) is 18.2. The molecule has 0 radical (unpaired) electrons. The summed E-state index contributed by atoms with van der Waals surface area (Å²) in [6.45, 7) is 6.58. The lowest BCUT2D eigenvalue weighted by molar-refractivity contribution is -0.123. The lowest BCUT2D eigenvalue weighted by atomic mass is 10.1. The van der Waals surface area contributed by atoms with E-state index in [1.165, 1.54) is 16.2 Å². The highest BCUT2D eigenvalue weighted by molar-refractivity contribution is 8.26. The standard InChI is InChI=1S/C24H24N4O2S2/c1-4-12-25-20-18(22(29)27-13-8-9-15(2)21(27)26-20)14-19-23(30)28(24(31)32-19)16(3)17-10-6-5-7-11-17/h5-11,13-14,16,25H,4,12H2,1-3H3/b19-14+. The summed E-state index contributed by atoms with van der Waals surface area (Å²) in [6, 6.07) is 13.3. The van der Waals surface area contributed by atoms with Gasteiger partial charge in [-0.15, -0.1) is 0 Å². The molecule has 3 aromatic rings. The number of pyridine rings is 1. The zero-order valence-corrected chi connectivity index (χ0v) is 19.8. The van der Waals surface area contributed by atoms with Crippen LogP contribution >= 0.6 is 24.0 Å². The maximum atomic E-state index is 13.3. The molecule has 1 fully saturated rings. The highest BCUT2D eigenvalue weighted by Gasteiger charge is 2.36. The Morgan fingerprint density at radius 1 is 1.19 bits per heavy atom. The van der Waals surface area contributed by atoms with Crippen molar-refractivity contribution in [1.82, 2.24) is 14.3 Å². The number of nitrogens with zero attached hydrogens (tertiary/aromatic N) is 3. The SMILES string of the molecule is CCCNc1nc2c(C)cccn2c(=O)c1/C=C1/SC(=S)N(C(C)c2ccccc2)C1=O. The number of anilines is 1. The molecule has 0 saturated carbocycles. The highest BCUT2D eigenvalue weighted by Crippen LogP contribution is 2.38. The normalized spacial score (nSPS) is 16.2. The van der Waals surface area contributed by atoms with Crippen LogP contribution in [-0.4, -0.2) is 31.1 Å². The Hall–Kier alpha value is -2.97. The topological polar surface area (TPSA) is 66.7 Å². The molecule has 32 heavy (non-hydrogen) atoms. The number of fused-ring (bicyclic) bond motifs is 1. The second kappa shape index (κ2) is 9.26. The molecule has 1 N–H and O–H groups in total. The number of carbonyl (C=O) groups excluding carboxylic acids is 1. The highest BCUT2D eigenvalue weighted by atomic mass is 32.2. The molecule has 1 unspecified atom stereocenters. The summed E-state index contributed by atoms with van der Waals surface area (Å²) in [4.78, 5) is 33.4. The fourth-order valence-electron chi connectivity index (χ4n) is 3.65. The molecule has 0 aliphatic carbocycles. The van der Waals surface area contributed by atoms with Crippen LogP contribution in [0.15, 0.2) is 58.4 Å². The fraction of sp³-hybridized carbons (Fsp3) is 0.250. The molecule has 8 heteroatoms. The average molecular weight is 465 g/mol. The minimum atomic E-state index is -0.223. The van der Waals surface area contributed by atoms with Gasteiger partial charge in [-0.1, -0.05) is 67.3 Å². The van der Waals surface area contributed by atoms with E-state index in [4.69, 9.17) is 17.2 Å². The van der Waals surface area contributed by atoms with Gasteiger partial charge in [0, 0.05) is 12.7 Å². The van der Waals surface area contributed by atoms with E-state index >= 15 is 0 Å². The van der Waals surface area contributed by atoms with E-state index in [2.05, 4.69) is 5.32 Å². The van der Waals surface area contributed by atoms with Gasteiger partial charge >= 0.3 is 0 Å². The van der Waals surface area contributed by atoms with Crippen molar-refractivity contribution in [3.05, 3.63) is 80.6 Å². The van der Waals surface area contributed by atoms with Gasteiger partial charge in [-0.05, 0) is 43.5 Å². The Morgan fingerprint density at radius 3 is 2.66 bits per heavy atom. The van der Waals surface area contributed by atoms with E-state index in [-0.39, 0.29) is 17.5 Å². The van der Waals surface area contributed by atoms with Crippen LogP contribution in [0.3, 0.4) is 0 Å². The van der Waals surface area contributed by atoms with E-state index < -0.39 is 0 Å². The largest absolute Gasteiger partial charge is 0.369 e. The van der Waals surface area contributed by atoms with Gasteiger partial charge in [0.25, 0.3) is 11.5 Å². The minimum absolute atomic E-state index is 0.202. The van der Waals surface area contributed by atoms with Gasteiger partial charge in [-0.3, -0.25) is 18.9 Å². The second-order valence-electron chi connectivity index (χ2n) is 7.63. The van der Waals surface area contributed by atoms with Crippen molar-refractivity contribution in [2.75, 3.05) is 11.9 Å². The van der Waals surface area contributed by atoms with Crippen molar-refractivity contribution in [1.29, 1.82) is 0 Å². The lowest BCUT2D eigenvalue weighted by Crippen LogP contribution is -2.31. The number of rotatable bonds is 6. The lowest BCUT2D eigenvalue weighted by Gasteiger charge is -2.23. The third kappa shape index (κ3) is 4.08. The third-order valence-corrected chi connectivity index (χ3v) is 6.73. The Kier molecular flexibility index (Phi) is 6.43. The van der Waals surface area contributed by atoms with Crippen molar-refractivity contribution in [2.24, 2.45) is 0 Å². The van der Waals surface area contributed by atoms with E-state index in [1.807, 2.05) is 63.2 Å². The first-order chi connectivity index (χ1) is 15.4. The molecule has 1 aromatic carbocycles. The summed E-state index contributed by atoms with van der Waals surface area (Å²) in [7, 11) is 0.